The molecule has 0 radical (unpaired) electrons. The first-order valence-corrected chi connectivity index (χ1v) is 9.47. The molecule has 4 rings (SSSR count). The first-order valence-electron chi connectivity index (χ1n) is 9.47. The Morgan fingerprint density at radius 3 is 2.62 bits per heavy atom. The van der Waals surface area contributed by atoms with E-state index in [2.05, 4.69) is 15.1 Å². The molecule has 2 N–H and O–H groups in total. The molecule has 2 fully saturated rings. The zero-order valence-electron chi connectivity index (χ0n) is 15.4. The lowest BCUT2D eigenvalue weighted by Gasteiger charge is -2.38. The van der Waals surface area contributed by atoms with E-state index in [0.717, 1.165) is 44.8 Å². The van der Waals surface area contributed by atoms with Gasteiger partial charge in [-0.25, -0.2) is 0 Å². The molecule has 3 heterocycles. The molecule has 1 aliphatic heterocycles. The van der Waals surface area contributed by atoms with Gasteiger partial charge in [0.1, 0.15) is 12.3 Å². The van der Waals surface area contributed by atoms with Crippen LogP contribution in [0.3, 0.4) is 0 Å². The van der Waals surface area contributed by atoms with Gasteiger partial charge in [-0.1, -0.05) is 0 Å². The standard InChI is InChI=1S/C18H28N6O2/c1-22-16(6-7-20-22)13-26-18-17(19)12-24(21-18)15-4-2-14(3-5-15)23-8-10-25-11-9-23/h6-7,12,14-15H,2-5,8-11,13,19H2,1H3. The van der Waals surface area contributed by atoms with Gasteiger partial charge in [-0.2, -0.15) is 5.10 Å². The molecule has 1 aliphatic carbocycles. The molecule has 8 nitrogen and oxygen atoms in total. The molecule has 142 valence electrons. The van der Waals surface area contributed by atoms with Gasteiger partial charge in [0.2, 0.25) is 0 Å². The van der Waals surface area contributed by atoms with E-state index in [9.17, 15) is 0 Å². The molecule has 0 amide bonds. The maximum atomic E-state index is 6.12. The number of aryl methyl sites for hydroxylation is 1. The Bertz CT molecular complexity index is 713. The van der Waals surface area contributed by atoms with Crippen LogP contribution < -0.4 is 10.5 Å². The van der Waals surface area contributed by atoms with Crippen LogP contribution in [-0.4, -0.2) is 56.8 Å². The normalized spacial score (nSPS) is 24.7. The number of morpholine rings is 1. The number of hydrogen-bond donors (Lipinski definition) is 1. The third kappa shape index (κ3) is 3.71. The fourth-order valence-corrected chi connectivity index (χ4v) is 4.00. The van der Waals surface area contributed by atoms with Crippen LogP contribution in [-0.2, 0) is 18.4 Å². The molecular formula is C18H28N6O2. The van der Waals surface area contributed by atoms with E-state index in [1.165, 1.54) is 12.8 Å². The van der Waals surface area contributed by atoms with Crippen LogP contribution in [0.5, 0.6) is 5.88 Å². The van der Waals surface area contributed by atoms with Crippen molar-refractivity contribution in [2.45, 2.75) is 44.4 Å². The minimum Gasteiger partial charge on any atom is -0.469 e. The lowest BCUT2D eigenvalue weighted by atomic mass is 9.90. The maximum absolute atomic E-state index is 6.12. The van der Waals surface area contributed by atoms with Gasteiger partial charge in [-0.3, -0.25) is 14.3 Å². The third-order valence-electron chi connectivity index (χ3n) is 5.61. The predicted molar refractivity (Wildman–Crippen MR) is 97.9 cm³/mol. The van der Waals surface area contributed by atoms with Gasteiger partial charge in [0.25, 0.3) is 5.88 Å². The smallest absolute Gasteiger partial charge is 0.256 e. The molecule has 0 aromatic carbocycles. The predicted octanol–water partition coefficient (Wildman–Crippen LogP) is 1.59. The van der Waals surface area contributed by atoms with E-state index in [-0.39, 0.29) is 0 Å². The summed E-state index contributed by atoms with van der Waals surface area (Å²) in [6.45, 7) is 4.29. The lowest BCUT2D eigenvalue weighted by Crippen LogP contribution is -2.45. The molecule has 0 spiro atoms. The van der Waals surface area contributed by atoms with Gasteiger partial charge in [0.15, 0.2) is 0 Å². The Hall–Kier alpha value is -2.06. The van der Waals surface area contributed by atoms with Crippen molar-refractivity contribution in [3.05, 3.63) is 24.2 Å². The van der Waals surface area contributed by atoms with Crippen LogP contribution >= 0.6 is 0 Å². The van der Waals surface area contributed by atoms with Crippen molar-refractivity contribution in [1.29, 1.82) is 0 Å². The van der Waals surface area contributed by atoms with Crippen LogP contribution in [0.2, 0.25) is 0 Å². The van der Waals surface area contributed by atoms with Crippen LogP contribution in [0, 0.1) is 0 Å². The monoisotopic (exact) mass is 360 g/mol. The van der Waals surface area contributed by atoms with E-state index in [0.29, 0.717) is 30.3 Å². The van der Waals surface area contributed by atoms with Crippen molar-refractivity contribution in [2.75, 3.05) is 32.0 Å². The zero-order chi connectivity index (χ0) is 17.9. The highest BCUT2D eigenvalue weighted by Gasteiger charge is 2.28. The van der Waals surface area contributed by atoms with Gasteiger partial charge in [0, 0.05) is 32.4 Å². The topological polar surface area (TPSA) is 83.4 Å². The summed E-state index contributed by atoms with van der Waals surface area (Å²) in [5.41, 5.74) is 7.71. The molecule has 0 atom stereocenters. The summed E-state index contributed by atoms with van der Waals surface area (Å²) in [5, 5.41) is 8.75. The third-order valence-corrected chi connectivity index (χ3v) is 5.61. The Morgan fingerprint density at radius 2 is 1.92 bits per heavy atom. The summed E-state index contributed by atoms with van der Waals surface area (Å²) in [7, 11) is 1.90. The van der Waals surface area contributed by atoms with Gasteiger partial charge in [-0.05, 0) is 31.7 Å². The molecule has 2 aliphatic rings. The minimum absolute atomic E-state index is 0.406. The summed E-state index contributed by atoms with van der Waals surface area (Å²) in [6.07, 6.45) is 8.34. The first-order chi connectivity index (χ1) is 12.7. The van der Waals surface area contributed by atoms with Crippen LogP contribution in [0.25, 0.3) is 0 Å². The van der Waals surface area contributed by atoms with Gasteiger partial charge < -0.3 is 15.2 Å². The highest BCUT2D eigenvalue weighted by atomic mass is 16.5. The number of nitrogens with two attached hydrogens (primary N) is 1. The van der Waals surface area contributed by atoms with Crippen molar-refractivity contribution >= 4 is 5.69 Å². The summed E-state index contributed by atoms with van der Waals surface area (Å²) >= 11 is 0. The molecule has 0 bridgehead atoms. The number of ether oxygens (including phenoxy) is 2. The molecule has 8 heteroatoms. The van der Waals surface area contributed by atoms with Crippen LogP contribution in [0.4, 0.5) is 5.69 Å². The number of aromatic nitrogens is 4. The summed E-state index contributed by atoms with van der Waals surface area (Å²) in [4.78, 5) is 2.58. The van der Waals surface area contributed by atoms with E-state index < -0.39 is 0 Å². The van der Waals surface area contributed by atoms with Gasteiger partial charge in [-0.15, -0.1) is 5.10 Å². The Kier molecular flexibility index (Phi) is 5.12. The fraction of sp³-hybridized carbons (Fsp3) is 0.667. The van der Waals surface area contributed by atoms with Gasteiger partial charge in [0.05, 0.1) is 31.1 Å². The second-order valence-corrected chi connectivity index (χ2v) is 7.22. The maximum Gasteiger partial charge on any atom is 0.256 e. The largest absolute Gasteiger partial charge is 0.469 e. The quantitative estimate of drug-likeness (QED) is 0.872. The second kappa shape index (κ2) is 7.67. The van der Waals surface area contributed by atoms with Gasteiger partial charge >= 0.3 is 0 Å². The minimum atomic E-state index is 0.406. The van der Waals surface area contributed by atoms with E-state index in [1.807, 2.05) is 24.0 Å². The molecule has 1 saturated heterocycles. The zero-order valence-corrected chi connectivity index (χ0v) is 15.4. The molecule has 1 saturated carbocycles. The average molecular weight is 360 g/mol. The van der Waals surface area contributed by atoms with Crippen molar-refractivity contribution in [1.82, 2.24) is 24.5 Å². The second-order valence-electron chi connectivity index (χ2n) is 7.22. The molecule has 2 aromatic heterocycles. The molecular weight excluding hydrogens is 332 g/mol. The van der Waals surface area contributed by atoms with E-state index in [1.54, 1.807) is 10.9 Å². The summed E-state index contributed by atoms with van der Waals surface area (Å²) in [6, 6.07) is 3.02. The van der Waals surface area contributed by atoms with Crippen LogP contribution in [0.15, 0.2) is 18.5 Å². The Labute approximate surface area is 153 Å². The van der Waals surface area contributed by atoms with Crippen molar-refractivity contribution < 1.29 is 9.47 Å². The highest BCUT2D eigenvalue weighted by Crippen LogP contribution is 2.33. The Morgan fingerprint density at radius 1 is 1.19 bits per heavy atom. The van der Waals surface area contributed by atoms with E-state index >= 15 is 0 Å². The van der Waals surface area contributed by atoms with Crippen LogP contribution in [0.1, 0.15) is 37.4 Å². The van der Waals surface area contributed by atoms with E-state index in [4.69, 9.17) is 15.2 Å². The number of rotatable bonds is 5. The van der Waals surface area contributed by atoms with Crippen molar-refractivity contribution in [3.8, 4) is 5.88 Å². The average Bonchev–Trinajstić information content (AvgIpc) is 3.26. The molecule has 2 aromatic rings. The summed E-state index contributed by atoms with van der Waals surface area (Å²) in [5.74, 6) is 0.515. The number of nitrogens with zero attached hydrogens (tertiary/aromatic N) is 5. The number of nitrogen functional groups attached to an aromatic ring is 1. The van der Waals surface area contributed by atoms with Crippen molar-refractivity contribution in [3.63, 3.8) is 0 Å². The number of hydrogen-bond acceptors (Lipinski definition) is 6. The Balaban J connectivity index is 1.33. The molecule has 26 heavy (non-hydrogen) atoms. The fourth-order valence-electron chi connectivity index (χ4n) is 4.00. The first kappa shape index (κ1) is 17.4. The SMILES string of the molecule is Cn1nccc1COc1nn(C2CCC(N3CCOCC3)CC2)cc1N. The highest BCUT2D eigenvalue weighted by molar-refractivity contribution is 5.46. The molecule has 0 unspecified atom stereocenters. The van der Waals surface area contributed by atoms with Crippen molar-refractivity contribution in [2.24, 2.45) is 7.05 Å². The summed E-state index contributed by atoms with van der Waals surface area (Å²) < 4.78 is 15.1. The lowest BCUT2D eigenvalue weighted by molar-refractivity contribution is 0.00502. The number of anilines is 1.